The lowest BCUT2D eigenvalue weighted by Crippen LogP contribution is -2.23. The van der Waals surface area contributed by atoms with E-state index in [2.05, 4.69) is 185 Å². The van der Waals surface area contributed by atoms with E-state index in [1.165, 1.54) is 43.5 Å². The van der Waals surface area contributed by atoms with Gasteiger partial charge >= 0.3 is 13.9 Å². The number of hydrogen-bond donors (Lipinski definition) is 0. The summed E-state index contributed by atoms with van der Waals surface area (Å²) in [5.41, 5.74) is 8.63. The molecule has 0 saturated carbocycles. The van der Waals surface area contributed by atoms with Crippen LogP contribution in [0.25, 0.3) is 32.7 Å². The van der Waals surface area contributed by atoms with Gasteiger partial charge in [-0.3, -0.25) is 0 Å². The Morgan fingerprint density at radius 2 is 0.759 bits per heavy atom. The maximum absolute atomic E-state index is 7.24. The Balaban J connectivity index is 1.20. The normalized spacial score (nSPS) is 12.4. The first kappa shape index (κ1) is 39.0. The van der Waals surface area contributed by atoms with Crippen LogP contribution in [0.5, 0.6) is 11.5 Å². The minimum atomic E-state index is -2.83. The van der Waals surface area contributed by atoms with Crippen LogP contribution in [0, 0.1) is 27.7 Å². The highest BCUT2D eigenvalue weighted by atomic mass is 35.6. The van der Waals surface area contributed by atoms with Crippen LogP contribution in [0.15, 0.2) is 158 Å². The van der Waals surface area contributed by atoms with Crippen molar-refractivity contribution in [3.05, 3.63) is 191 Å². The molecule has 4 nitrogen and oxygen atoms in total. The second-order valence-corrected chi connectivity index (χ2v) is 20.4. The summed E-state index contributed by atoms with van der Waals surface area (Å²) in [5, 5.41) is 9.11. The van der Waals surface area contributed by atoms with Gasteiger partial charge in [0.15, 0.2) is 0 Å². The maximum Gasteiger partial charge on any atom is 0.999 e. The van der Waals surface area contributed by atoms with Crippen molar-refractivity contribution in [2.75, 3.05) is 0 Å². The molecule has 58 heavy (non-hydrogen) atoms. The first-order chi connectivity index (χ1) is 28.4. The van der Waals surface area contributed by atoms with E-state index >= 15 is 0 Å². The van der Waals surface area contributed by atoms with Gasteiger partial charge in [-0.2, -0.15) is 10.0 Å². The molecule has 0 spiro atoms. The van der Waals surface area contributed by atoms with Gasteiger partial charge < -0.3 is 16.6 Å². The van der Waals surface area contributed by atoms with Crippen molar-refractivity contribution in [2.45, 2.75) is 40.9 Å². The fourth-order valence-electron chi connectivity index (χ4n) is 7.93. The van der Waals surface area contributed by atoms with Crippen LogP contribution >= 0.6 is 26.3 Å². The first-order valence-electron chi connectivity index (χ1n) is 19.5. The van der Waals surface area contributed by atoms with Gasteiger partial charge in [0.05, 0.1) is 41.0 Å². The summed E-state index contributed by atoms with van der Waals surface area (Å²) in [4.78, 5) is 0. The molecular formula is C50H42AlClO4P2. The molecule has 1 heterocycles. The Labute approximate surface area is 352 Å². The van der Waals surface area contributed by atoms with Gasteiger partial charge in [0.25, 0.3) is 0 Å². The van der Waals surface area contributed by atoms with Crippen LogP contribution in [0.2, 0.25) is 0 Å². The SMILES string of the molecule is Cc1ccccc1P(OCc1cc2ccccc2c2c1[O][Al]([Cl])[O]c1c(COP(c3ccccc3C)c3ccccc3C)cc3ccccc3c1-2)c1ccccc1C. The van der Waals surface area contributed by atoms with E-state index in [9.17, 15) is 0 Å². The molecule has 0 saturated heterocycles. The summed E-state index contributed by atoms with van der Waals surface area (Å²) in [6, 6.07) is 55.5. The van der Waals surface area contributed by atoms with Gasteiger partial charge in [0.2, 0.25) is 0 Å². The molecule has 0 atom stereocenters. The minimum absolute atomic E-state index is 0.326. The smallest absolute Gasteiger partial charge is 0.599 e. The quantitative estimate of drug-likeness (QED) is 0.102. The molecule has 0 bridgehead atoms. The summed E-state index contributed by atoms with van der Waals surface area (Å²) in [6.07, 6.45) is 0. The fraction of sp³-hybridized carbons (Fsp3) is 0.120. The fourth-order valence-corrected chi connectivity index (χ4v) is 13.5. The van der Waals surface area contributed by atoms with Gasteiger partial charge in [-0.25, -0.2) is 0 Å². The third kappa shape index (κ3) is 7.59. The summed E-state index contributed by atoms with van der Waals surface area (Å²) in [7, 11) is 4.93. The van der Waals surface area contributed by atoms with Crippen LogP contribution in [0.3, 0.4) is 0 Å². The van der Waals surface area contributed by atoms with E-state index in [1.807, 2.05) is 0 Å². The molecule has 0 amide bonds. The molecule has 8 aromatic carbocycles. The van der Waals surface area contributed by atoms with Gasteiger partial charge in [-0.15, -0.1) is 0 Å². The van der Waals surface area contributed by atoms with Gasteiger partial charge in [-0.05, 0) is 83.6 Å². The number of benzene rings is 8. The van der Waals surface area contributed by atoms with Crippen molar-refractivity contribution < 1.29 is 16.6 Å². The van der Waals surface area contributed by atoms with Crippen LogP contribution < -0.4 is 28.8 Å². The van der Waals surface area contributed by atoms with Gasteiger partial charge in [0.1, 0.15) is 0 Å². The number of halogens is 1. The Morgan fingerprint density at radius 3 is 1.10 bits per heavy atom. The van der Waals surface area contributed by atoms with E-state index in [-0.39, 0.29) is 0 Å². The van der Waals surface area contributed by atoms with Crippen molar-refractivity contribution in [1.29, 1.82) is 0 Å². The standard InChI is InChI=1S/C50H44O4P2.Al.ClH/c1-33-17-5-13-25-43(33)55(44-26-14-6-18-34(44)2)53-31-39-29-37-21-9-11-23-41(37)47(49(39)51)48-42-24-12-10-22-38(42)30-40(50(48)52)32-54-56(45-27-15-7-19-35(45)3)46-28-16-8-20-36(46)4;;/h5-30,51-52H,31-32H2,1-4H3;;1H/q;+3;/p-3. The second-order valence-electron chi connectivity index (χ2n) is 14.7. The van der Waals surface area contributed by atoms with Crippen LogP contribution in [-0.2, 0) is 22.3 Å². The average Bonchev–Trinajstić information content (AvgIpc) is 3.40. The van der Waals surface area contributed by atoms with E-state index in [0.717, 1.165) is 55.3 Å². The van der Waals surface area contributed by atoms with Crippen molar-refractivity contribution in [1.82, 2.24) is 0 Å². The summed E-state index contributed by atoms with van der Waals surface area (Å²) >= 11 is -2.83. The molecule has 286 valence electrons. The lowest BCUT2D eigenvalue weighted by molar-refractivity contribution is 0.339. The molecule has 8 heteroatoms. The van der Waals surface area contributed by atoms with Crippen LogP contribution in [-0.4, -0.2) is 13.9 Å². The molecular weight excluding hydrogens is 789 g/mol. The lowest BCUT2D eigenvalue weighted by atomic mass is 9.89. The molecule has 0 unspecified atom stereocenters. The Kier molecular flexibility index (Phi) is 11.4. The molecule has 9 rings (SSSR count). The van der Waals surface area contributed by atoms with Crippen LogP contribution in [0.4, 0.5) is 0 Å². The predicted octanol–water partition coefficient (Wildman–Crippen LogP) is 12.0. The molecule has 0 fully saturated rings. The molecule has 8 aromatic rings. The Morgan fingerprint density at radius 1 is 0.448 bits per heavy atom. The Hall–Kier alpha value is -4.52. The highest BCUT2D eigenvalue weighted by Crippen LogP contribution is 2.52. The monoisotopic (exact) mass is 830 g/mol. The molecule has 0 aromatic heterocycles. The van der Waals surface area contributed by atoms with E-state index < -0.39 is 30.2 Å². The number of rotatable bonds is 10. The third-order valence-electron chi connectivity index (χ3n) is 10.9. The average molecular weight is 831 g/mol. The molecule has 0 aliphatic carbocycles. The highest BCUT2D eigenvalue weighted by Gasteiger charge is 2.40. The predicted molar refractivity (Wildman–Crippen MR) is 246 cm³/mol. The highest BCUT2D eigenvalue weighted by molar-refractivity contribution is 7.69. The summed E-state index contributed by atoms with van der Waals surface area (Å²) in [6.45, 7) is 9.29. The van der Waals surface area contributed by atoms with Crippen LogP contribution in [0.1, 0.15) is 33.4 Å². The molecule has 0 N–H and O–H groups in total. The van der Waals surface area contributed by atoms with Crippen molar-refractivity contribution >= 4 is 83.0 Å². The molecule has 1 aliphatic rings. The van der Waals surface area contributed by atoms with Crippen molar-refractivity contribution in [3.63, 3.8) is 0 Å². The zero-order chi connectivity index (χ0) is 39.8. The van der Waals surface area contributed by atoms with E-state index in [1.54, 1.807) is 0 Å². The lowest BCUT2D eigenvalue weighted by Gasteiger charge is -2.24. The van der Waals surface area contributed by atoms with Crippen molar-refractivity contribution in [2.24, 2.45) is 0 Å². The zero-order valence-corrected chi connectivity index (χ0v) is 36.6. The number of aryl methyl sites for hydroxylation is 4. The molecule has 0 radical (unpaired) electrons. The van der Waals surface area contributed by atoms with E-state index in [4.69, 9.17) is 26.7 Å². The number of hydrogen-bond acceptors (Lipinski definition) is 4. The van der Waals surface area contributed by atoms with Crippen molar-refractivity contribution in [3.8, 4) is 22.6 Å². The summed E-state index contributed by atoms with van der Waals surface area (Å²) < 4.78 is 27.9. The summed E-state index contributed by atoms with van der Waals surface area (Å²) in [5.74, 6) is 1.44. The van der Waals surface area contributed by atoms with E-state index in [0.29, 0.717) is 13.2 Å². The number of fused-ring (bicyclic) bond motifs is 7. The Bertz CT molecular complexity index is 2530. The third-order valence-corrected chi connectivity index (χ3v) is 16.8. The second kappa shape index (κ2) is 17.0. The largest absolute Gasteiger partial charge is 0.999 e. The van der Waals surface area contributed by atoms with Gasteiger partial charge in [-0.1, -0.05) is 146 Å². The minimum Gasteiger partial charge on any atom is -0.599 e. The molecule has 1 aliphatic heterocycles. The first-order valence-corrected chi connectivity index (χ1v) is 24.7. The van der Waals surface area contributed by atoms with Gasteiger partial charge in [0, 0.05) is 43.5 Å². The topological polar surface area (TPSA) is 36.9 Å². The maximum atomic E-state index is 7.24. The zero-order valence-electron chi connectivity index (χ0n) is 32.9.